The first-order valence-corrected chi connectivity index (χ1v) is 6.53. The number of rotatable bonds is 5. The van der Waals surface area contributed by atoms with Crippen molar-refractivity contribution in [3.05, 3.63) is 17.9 Å². The molecule has 0 aliphatic rings. The maximum Gasteiger partial charge on any atom is 0.251 e. The van der Waals surface area contributed by atoms with Crippen LogP contribution in [0.5, 0.6) is 0 Å². The number of nitrogens with one attached hydrogen (secondary N) is 1. The molecule has 0 aliphatic carbocycles. The lowest BCUT2D eigenvalue weighted by Gasteiger charge is -2.20. The fourth-order valence-electron chi connectivity index (χ4n) is 1.62. The second-order valence-corrected chi connectivity index (χ2v) is 4.84. The average molecular weight is 266 g/mol. The third kappa shape index (κ3) is 2.70. The largest absolute Gasteiger partial charge is 0.300 e. The molecule has 0 fully saturated rings. The van der Waals surface area contributed by atoms with Crippen molar-refractivity contribution < 1.29 is 4.79 Å². The van der Waals surface area contributed by atoms with Crippen molar-refractivity contribution in [2.75, 3.05) is 5.32 Å². The quantitative estimate of drug-likeness (QED) is 0.883. The molecule has 0 aromatic carbocycles. The van der Waals surface area contributed by atoms with Crippen LogP contribution in [0.25, 0.3) is 0 Å². The number of tetrazole rings is 1. The maximum absolute atomic E-state index is 12.2. The predicted molar refractivity (Wildman–Crippen MR) is 67.1 cm³/mol. The number of hydrogen-bond acceptors (Lipinski definition) is 6. The highest BCUT2D eigenvalue weighted by Gasteiger charge is 2.27. The Labute approximate surface area is 108 Å². The summed E-state index contributed by atoms with van der Waals surface area (Å²) < 4.78 is 1.48. The zero-order valence-electron chi connectivity index (χ0n) is 10.1. The van der Waals surface area contributed by atoms with E-state index >= 15 is 0 Å². The second-order valence-electron chi connectivity index (χ2n) is 3.95. The van der Waals surface area contributed by atoms with Gasteiger partial charge in [0.05, 0.1) is 0 Å². The van der Waals surface area contributed by atoms with Crippen molar-refractivity contribution in [3.8, 4) is 0 Å². The summed E-state index contributed by atoms with van der Waals surface area (Å²) >= 11 is 1.38. The van der Waals surface area contributed by atoms with Crippen molar-refractivity contribution in [3.63, 3.8) is 0 Å². The van der Waals surface area contributed by atoms with E-state index in [-0.39, 0.29) is 11.8 Å². The minimum absolute atomic E-state index is 0.133. The van der Waals surface area contributed by atoms with Crippen LogP contribution in [0, 0.1) is 5.92 Å². The topological polar surface area (TPSA) is 85.6 Å². The lowest BCUT2D eigenvalue weighted by atomic mass is 9.99. The van der Waals surface area contributed by atoms with Crippen LogP contribution in [-0.4, -0.2) is 31.1 Å². The summed E-state index contributed by atoms with van der Waals surface area (Å²) in [6.07, 6.45) is 3.96. The number of aromatic nitrogens is 5. The molecule has 0 saturated heterocycles. The first-order valence-electron chi connectivity index (χ1n) is 5.65. The average Bonchev–Trinajstić information content (AvgIpc) is 3.02. The number of carbonyl (C=O) groups excluding carboxylic acids is 1. The molecule has 96 valence electrons. The number of anilines is 1. The molecule has 18 heavy (non-hydrogen) atoms. The smallest absolute Gasteiger partial charge is 0.251 e. The highest BCUT2D eigenvalue weighted by molar-refractivity contribution is 7.13. The lowest BCUT2D eigenvalue weighted by molar-refractivity contribution is -0.121. The normalized spacial score (nSPS) is 14.1. The molecule has 7 nitrogen and oxygen atoms in total. The molecule has 2 rings (SSSR count). The van der Waals surface area contributed by atoms with Gasteiger partial charge in [0, 0.05) is 11.6 Å². The summed E-state index contributed by atoms with van der Waals surface area (Å²) in [5.74, 6) is -0.0138. The monoisotopic (exact) mass is 266 g/mol. The molecule has 8 heteroatoms. The van der Waals surface area contributed by atoms with E-state index in [0.717, 1.165) is 6.42 Å². The van der Waals surface area contributed by atoms with Gasteiger partial charge in [-0.25, -0.2) is 9.67 Å². The SMILES string of the molecule is CCC(C)C(C(=O)Nc1nccs1)n1cnnn1. The molecule has 0 radical (unpaired) electrons. The van der Waals surface area contributed by atoms with E-state index in [4.69, 9.17) is 0 Å². The summed E-state index contributed by atoms with van der Waals surface area (Å²) in [5, 5.41) is 16.1. The molecule has 0 aliphatic heterocycles. The third-order valence-electron chi connectivity index (χ3n) is 2.76. The van der Waals surface area contributed by atoms with Crippen LogP contribution >= 0.6 is 11.3 Å². The first-order chi connectivity index (χ1) is 8.72. The van der Waals surface area contributed by atoms with Crippen LogP contribution in [-0.2, 0) is 4.79 Å². The summed E-state index contributed by atoms with van der Waals surface area (Å²) in [6, 6.07) is -0.422. The lowest BCUT2D eigenvalue weighted by Crippen LogP contribution is -2.31. The van der Waals surface area contributed by atoms with Gasteiger partial charge in [-0.15, -0.1) is 16.4 Å². The Kier molecular flexibility index (Phi) is 3.98. The Bertz CT molecular complexity index is 482. The molecule has 0 spiro atoms. The van der Waals surface area contributed by atoms with E-state index in [2.05, 4.69) is 25.8 Å². The molecular weight excluding hydrogens is 252 g/mol. The Hall–Kier alpha value is -1.83. The van der Waals surface area contributed by atoms with Crippen LogP contribution in [0.2, 0.25) is 0 Å². The van der Waals surface area contributed by atoms with Crippen molar-refractivity contribution >= 4 is 22.4 Å². The van der Waals surface area contributed by atoms with E-state index in [1.54, 1.807) is 6.20 Å². The molecule has 2 atom stereocenters. The second kappa shape index (κ2) is 5.67. The van der Waals surface area contributed by atoms with Gasteiger partial charge >= 0.3 is 0 Å². The van der Waals surface area contributed by atoms with Crippen molar-refractivity contribution in [1.29, 1.82) is 0 Å². The Balaban J connectivity index is 2.16. The predicted octanol–water partition coefficient (Wildman–Crippen LogP) is 1.36. The van der Waals surface area contributed by atoms with Gasteiger partial charge in [0.1, 0.15) is 12.4 Å². The maximum atomic E-state index is 12.2. The Morgan fingerprint density at radius 2 is 2.44 bits per heavy atom. The zero-order valence-corrected chi connectivity index (χ0v) is 11.0. The number of thiazole rings is 1. The Morgan fingerprint density at radius 1 is 1.61 bits per heavy atom. The van der Waals surface area contributed by atoms with Crippen molar-refractivity contribution in [1.82, 2.24) is 25.2 Å². The summed E-state index contributed by atoms with van der Waals surface area (Å²) in [6.45, 7) is 4.02. The van der Waals surface area contributed by atoms with Gasteiger partial charge in [-0.05, 0) is 16.3 Å². The van der Waals surface area contributed by atoms with Crippen LogP contribution in [0.3, 0.4) is 0 Å². The zero-order chi connectivity index (χ0) is 13.0. The molecular formula is C10H14N6OS. The highest BCUT2D eigenvalue weighted by atomic mass is 32.1. The van der Waals surface area contributed by atoms with E-state index in [1.165, 1.54) is 22.3 Å². The van der Waals surface area contributed by atoms with E-state index in [9.17, 15) is 4.79 Å². The minimum Gasteiger partial charge on any atom is -0.300 e. The fraction of sp³-hybridized carbons (Fsp3) is 0.500. The van der Waals surface area contributed by atoms with Crippen LogP contribution in [0.15, 0.2) is 17.9 Å². The van der Waals surface area contributed by atoms with Crippen LogP contribution in [0.1, 0.15) is 26.3 Å². The van der Waals surface area contributed by atoms with Gasteiger partial charge in [-0.2, -0.15) is 0 Å². The van der Waals surface area contributed by atoms with Gasteiger partial charge in [0.2, 0.25) is 0 Å². The summed E-state index contributed by atoms with van der Waals surface area (Å²) in [5.41, 5.74) is 0. The minimum atomic E-state index is -0.422. The molecule has 2 aromatic heterocycles. The molecule has 0 bridgehead atoms. The van der Waals surface area contributed by atoms with E-state index in [0.29, 0.717) is 5.13 Å². The number of hydrogen-bond donors (Lipinski definition) is 1. The highest BCUT2D eigenvalue weighted by Crippen LogP contribution is 2.22. The molecule has 2 aromatic rings. The molecule has 2 heterocycles. The summed E-state index contributed by atoms with van der Waals surface area (Å²) in [7, 11) is 0. The third-order valence-corrected chi connectivity index (χ3v) is 3.45. The Morgan fingerprint density at radius 3 is 3.00 bits per heavy atom. The van der Waals surface area contributed by atoms with E-state index < -0.39 is 6.04 Å². The van der Waals surface area contributed by atoms with Gasteiger partial charge in [-0.3, -0.25) is 4.79 Å². The number of amides is 1. The van der Waals surface area contributed by atoms with Crippen LogP contribution in [0.4, 0.5) is 5.13 Å². The summed E-state index contributed by atoms with van der Waals surface area (Å²) in [4.78, 5) is 16.3. The standard InChI is InChI=1S/C10H14N6OS/c1-3-7(2)8(16-6-12-14-15-16)9(17)13-10-11-4-5-18-10/h4-8H,3H2,1-2H3,(H,11,13,17). The van der Waals surface area contributed by atoms with Gasteiger partial charge in [0.25, 0.3) is 5.91 Å². The molecule has 1 amide bonds. The molecule has 0 saturated carbocycles. The fourth-order valence-corrected chi connectivity index (χ4v) is 2.15. The first kappa shape index (κ1) is 12.6. The van der Waals surface area contributed by atoms with E-state index in [1.807, 2.05) is 19.2 Å². The number of nitrogens with zero attached hydrogens (tertiary/aromatic N) is 5. The van der Waals surface area contributed by atoms with Gasteiger partial charge in [-0.1, -0.05) is 20.3 Å². The van der Waals surface area contributed by atoms with Crippen molar-refractivity contribution in [2.45, 2.75) is 26.3 Å². The molecule has 2 unspecified atom stereocenters. The van der Waals surface area contributed by atoms with Gasteiger partial charge in [0.15, 0.2) is 5.13 Å². The number of carbonyl (C=O) groups is 1. The van der Waals surface area contributed by atoms with Gasteiger partial charge < -0.3 is 5.32 Å². The molecule has 1 N–H and O–H groups in total. The van der Waals surface area contributed by atoms with Crippen molar-refractivity contribution in [2.24, 2.45) is 5.92 Å². The van der Waals surface area contributed by atoms with Crippen LogP contribution < -0.4 is 5.32 Å².